The van der Waals surface area contributed by atoms with Gasteiger partial charge in [0.2, 0.25) is 11.8 Å². The molecule has 3 amide bonds. The first kappa shape index (κ1) is 33.3. The Morgan fingerprint density at radius 3 is 2.73 bits per heavy atom. The number of benzene rings is 2. The van der Waals surface area contributed by atoms with Crippen molar-refractivity contribution in [3.8, 4) is 28.7 Å². The summed E-state index contributed by atoms with van der Waals surface area (Å²) in [4.78, 5) is 44.3. The second-order valence-corrected chi connectivity index (χ2v) is 14.1. The molecule has 0 bridgehead atoms. The Hall–Kier alpha value is -5.82. The average molecular weight is 710 g/mol. The molecular weight excluding hydrogens is 675 g/mol. The zero-order chi connectivity index (χ0) is 35.8. The summed E-state index contributed by atoms with van der Waals surface area (Å²) in [6.45, 7) is 5.49. The number of carbonyl (C=O) groups excluding carboxylic acids is 3. The lowest BCUT2D eigenvalue weighted by Gasteiger charge is -2.29. The summed E-state index contributed by atoms with van der Waals surface area (Å²) in [5.41, 5.74) is 6.35. The number of nitrogens with zero attached hydrogens (tertiary/aromatic N) is 6. The fourth-order valence-corrected chi connectivity index (χ4v) is 8.19. The zero-order valence-corrected chi connectivity index (χ0v) is 29.6. The van der Waals surface area contributed by atoms with E-state index in [1.165, 1.54) is 5.56 Å². The molecule has 0 radical (unpaired) electrons. The number of nitrogens with one attached hydrogen (secondary N) is 1. The predicted molar refractivity (Wildman–Crippen MR) is 193 cm³/mol. The summed E-state index contributed by atoms with van der Waals surface area (Å²) in [7, 11) is 0. The van der Waals surface area contributed by atoms with Crippen LogP contribution < -0.4 is 5.32 Å². The third kappa shape index (κ3) is 6.43. The van der Waals surface area contributed by atoms with Gasteiger partial charge in [0.25, 0.3) is 5.91 Å². The molecule has 5 aromatic rings. The minimum atomic E-state index is -0.648. The Morgan fingerprint density at radius 2 is 1.88 bits per heavy atom. The lowest BCUT2D eigenvalue weighted by molar-refractivity contribution is -0.136. The molecule has 260 valence electrons. The molecule has 1 saturated heterocycles. The second-order valence-electron chi connectivity index (χ2n) is 13.1. The van der Waals surface area contributed by atoms with Crippen LogP contribution in [0.25, 0.3) is 5.00 Å². The number of rotatable bonds is 6. The Bertz CT molecular complexity index is 2350. The van der Waals surface area contributed by atoms with Crippen molar-refractivity contribution >= 4 is 29.1 Å². The summed E-state index contributed by atoms with van der Waals surface area (Å²) < 4.78 is 10.4. The molecule has 1 N–H and O–H groups in total. The number of imide groups is 1. The van der Waals surface area contributed by atoms with Gasteiger partial charge in [-0.15, -0.1) is 21.5 Å². The first-order chi connectivity index (χ1) is 25.3. The van der Waals surface area contributed by atoms with Crippen molar-refractivity contribution in [3.05, 3.63) is 117 Å². The number of aryl methyl sites for hydroxylation is 2. The molecule has 2 aromatic carbocycles. The zero-order valence-electron chi connectivity index (χ0n) is 28.8. The average Bonchev–Trinajstić information content (AvgIpc) is 3.90. The molecule has 1 fully saturated rings. The smallest absolute Gasteiger partial charge is 0.255 e. The standard InChI is InChI=1S/C40H35N7O4S/c1-25-37-44-43-26(2)47(37)40-33(23-51-25)31(20-27-10-5-3-6-11-27)35(52-40)17-15-29-21-45(24-41-29)19-8-4-7-12-28-13-9-14-30-32(28)22-46(39(30)50)34-16-18-36(48)42-38(34)49/h3,5-6,9-11,13-14,21,24-25,34H,4,8,16,18-20,22-23H2,1-2H3,(H,42,48,49)/t25-,34?/m0/s1. The molecule has 3 aliphatic heterocycles. The van der Waals surface area contributed by atoms with Gasteiger partial charge >= 0.3 is 0 Å². The number of ether oxygens (including phenoxy) is 1. The molecule has 2 atom stereocenters. The van der Waals surface area contributed by atoms with Crippen LogP contribution in [0.2, 0.25) is 0 Å². The Labute approximate surface area is 305 Å². The van der Waals surface area contributed by atoms with Crippen LogP contribution in [-0.2, 0) is 40.4 Å². The highest BCUT2D eigenvalue weighted by Gasteiger charge is 2.39. The van der Waals surface area contributed by atoms with E-state index in [-0.39, 0.29) is 24.3 Å². The maximum atomic E-state index is 13.1. The fraction of sp³-hybridized carbons (Fsp3) is 0.300. The van der Waals surface area contributed by atoms with Gasteiger partial charge in [-0.2, -0.15) is 0 Å². The molecule has 3 aromatic heterocycles. The molecule has 52 heavy (non-hydrogen) atoms. The predicted octanol–water partition coefficient (Wildman–Crippen LogP) is 5.01. The number of piperidine rings is 1. The van der Waals surface area contributed by atoms with Crippen LogP contribution in [0.4, 0.5) is 0 Å². The van der Waals surface area contributed by atoms with Crippen LogP contribution >= 0.6 is 11.3 Å². The Morgan fingerprint density at radius 1 is 1.02 bits per heavy atom. The van der Waals surface area contributed by atoms with Crippen molar-refractivity contribution in [2.75, 3.05) is 0 Å². The summed E-state index contributed by atoms with van der Waals surface area (Å²) >= 11 is 1.64. The van der Waals surface area contributed by atoms with E-state index < -0.39 is 11.9 Å². The number of fused-ring (bicyclic) bond motifs is 4. The van der Waals surface area contributed by atoms with Crippen LogP contribution in [0.1, 0.15) is 99.1 Å². The van der Waals surface area contributed by atoms with Crippen LogP contribution in [-0.4, -0.2) is 53.0 Å². The van der Waals surface area contributed by atoms with Gasteiger partial charge in [-0.05, 0) is 73.8 Å². The van der Waals surface area contributed by atoms with Crippen molar-refractivity contribution in [2.45, 2.75) is 77.8 Å². The van der Waals surface area contributed by atoms with Crippen LogP contribution in [0.5, 0.6) is 0 Å². The first-order valence-corrected chi connectivity index (χ1v) is 18.2. The summed E-state index contributed by atoms with van der Waals surface area (Å²) in [5.74, 6) is 13.9. The van der Waals surface area contributed by atoms with E-state index in [0.29, 0.717) is 37.3 Å². The number of unbranched alkanes of at least 4 members (excludes halogenated alkanes) is 1. The molecule has 0 spiro atoms. The van der Waals surface area contributed by atoms with Crippen molar-refractivity contribution in [1.82, 2.24) is 34.5 Å². The van der Waals surface area contributed by atoms with E-state index in [2.05, 4.69) is 73.0 Å². The van der Waals surface area contributed by atoms with Crippen molar-refractivity contribution in [1.29, 1.82) is 0 Å². The quantitative estimate of drug-likeness (QED) is 0.149. The van der Waals surface area contributed by atoms with Gasteiger partial charge in [-0.1, -0.05) is 48.2 Å². The first-order valence-electron chi connectivity index (χ1n) is 17.4. The third-order valence-electron chi connectivity index (χ3n) is 9.67. The van der Waals surface area contributed by atoms with E-state index >= 15 is 0 Å². The maximum absolute atomic E-state index is 13.1. The van der Waals surface area contributed by atoms with E-state index in [0.717, 1.165) is 63.2 Å². The molecule has 12 heteroatoms. The number of hydrogen-bond acceptors (Lipinski definition) is 8. The molecule has 0 aliphatic carbocycles. The summed E-state index contributed by atoms with van der Waals surface area (Å²) in [6, 6.07) is 15.3. The third-order valence-corrected chi connectivity index (χ3v) is 10.8. The van der Waals surface area contributed by atoms with Gasteiger partial charge in [0, 0.05) is 48.8 Å². The molecular formula is C40H35N7O4S. The van der Waals surface area contributed by atoms with Gasteiger partial charge in [-0.3, -0.25) is 24.3 Å². The van der Waals surface area contributed by atoms with Gasteiger partial charge in [0.15, 0.2) is 5.82 Å². The van der Waals surface area contributed by atoms with Crippen molar-refractivity contribution in [2.24, 2.45) is 0 Å². The minimum absolute atomic E-state index is 0.169. The topological polar surface area (TPSA) is 124 Å². The molecule has 0 saturated carbocycles. The normalized spacial score (nSPS) is 17.7. The van der Waals surface area contributed by atoms with Crippen LogP contribution in [0.15, 0.2) is 61.1 Å². The second kappa shape index (κ2) is 14.1. The van der Waals surface area contributed by atoms with E-state index in [4.69, 9.17) is 4.74 Å². The Kier molecular flexibility index (Phi) is 9.02. The van der Waals surface area contributed by atoms with E-state index in [9.17, 15) is 14.4 Å². The maximum Gasteiger partial charge on any atom is 0.255 e. The van der Waals surface area contributed by atoms with E-state index in [1.807, 2.05) is 42.8 Å². The summed E-state index contributed by atoms with van der Waals surface area (Å²) in [6.07, 6.45) is 6.35. The van der Waals surface area contributed by atoms with Crippen molar-refractivity contribution < 1.29 is 19.1 Å². The SMILES string of the molecule is Cc1nnc2n1-c1sc(C#Cc3cn(CCCC#Cc4cccc5c4CN(C4CCC(=O)NC4=O)C5=O)cn3)c(Cc3ccccc3)c1CO[C@H]2C. The lowest BCUT2D eigenvalue weighted by Crippen LogP contribution is -2.52. The highest BCUT2D eigenvalue weighted by atomic mass is 32.1. The lowest BCUT2D eigenvalue weighted by atomic mass is 10.0. The van der Waals surface area contributed by atoms with Crippen LogP contribution in [0, 0.1) is 30.6 Å². The van der Waals surface area contributed by atoms with Gasteiger partial charge in [0.1, 0.15) is 28.7 Å². The number of carbonyl (C=O) groups is 3. The fourth-order valence-electron chi connectivity index (χ4n) is 6.96. The van der Waals surface area contributed by atoms with Crippen LogP contribution in [0.3, 0.4) is 0 Å². The minimum Gasteiger partial charge on any atom is -0.366 e. The monoisotopic (exact) mass is 709 g/mol. The molecule has 11 nitrogen and oxygen atoms in total. The number of hydrogen-bond donors (Lipinski definition) is 1. The number of amides is 3. The largest absolute Gasteiger partial charge is 0.366 e. The van der Waals surface area contributed by atoms with Gasteiger partial charge < -0.3 is 14.2 Å². The van der Waals surface area contributed by atoms with Crippen molar-refractivity contribution in [3.63, 3.8) is 0 Å². The summed E-state index contributed by atoms with van der Waals surface area (Å²) in [5, 5.41) is 12.2. The number of thiophene rings is 1. The number of imidazole rings is 1. The highest BCUT2D eigenvalue weighted by molar-refractivity contribution is 7.15. The number of aromatic nitrogens is 5. The highest BCUT2D eigenvalue weighted by Crippen LogP contribution is 2.39. The Balaban J connectivity index is 0.947. The van der Waals surface area contributed by atoms with Gasteiger partial charge in [-0.25, -0.2) is 4.98 Å². The van der Waals surface area contributed by atoms with E-state index in [1.54, 1.807) is 28.6 Å². The molecule has 3 aliphatic rings. The molecule has 1 unspecified atom stereocenters. The molecule has 8 rings (SSSR count). The molecule has 6 heterocycles. The van der Waals surface area contributed by atoms with Gasteiger partial charge in [0.05, 0.1) is 17.8 Å².